The Kier molecular flexibility index (Phi) is 66.0. The second-order valence-corrected chi connectivity index (χ2v) is 1.53. The van der Waals surface area contributed by atoms with E-state index in [9.17, 15) is 0 Å². The highest BCUT2D eigenvalue weighted by atomic mass is 13.8. The van der Waals surface area contributed by atoms with Gasteiger partial charge in [-0.05, 0) is 12.0 Å². The molecule has 0 amide bonds. The highest BCUT2D eigenvalue weighted by molar-refractivity contribution is 5.20. The zero-order chi connectivity index (χ0) is 12.4. The van der Waals surface area contributed by atoms with E-state index in [1.807, 2.05) is 53.7 Å². The van der Waals surface area contributed by atoms with Gasteiger partial charge in [-0.25, -0.2) is 0 Å². The fraction of sp³-hybridized carbons (Fsp3) is 0.571. The standard InChI is InChI=1S/C8H12.3C2H6/c1-4-7-8(5-2)6-3;3*1-2/h4-5,7H,1-2,6H2,3H3;3*1-2H3/b8-7+;;;. The van der Waals surface area contributed by atoms with Crippen LogP contribution in [0.2, 0.25) is 0 Å². The third-order valence-corrected chi connectivity index (χ3v) is 1.00. The van der Waals surface area contributed by atoms with Gasteiger partial charge in [-0.2, -0.15) is 0 Å². The molecule has 0 aliphatic heterocycles. The lowest BCUT2D eigenvalue weighted by Gasteiger charge is -1.89. The fourth-order valence-corrected chi connectivity index (χ4v) is 0.482. The van der Waals surface area contributed by atoms with Crippen molar-refractivity contribution in [3.05, 3.63) is 37.0 Å². The first-order valence-corrected chi connectivity index (χ1v) is 5.79. The summed E-state index contributed by atoms with van der Waals surface area (Å²) in [5.41, 5.74) is 1.24. The highest BCUT2D eigenvalue weighted by Crippen LogP contribution is 1.99. The average Bonchev–Trinajstić information content (AvgIpc) is 2.33. The average molecular weight is 198 g/mol. The zero-order valence-electron chi connectivity index (χ0n) is 11.4. The van der Waals surface area contributed by atoms with Crippen molar-refractivity contribution in [1.29, 1.82) is 0 Å². The van der Waals surface area contributed by atoms with Crippen LogP contribution in [0.25, 0.3) is 0 Å². The Morgan fingerprint density at radius 3 is 1.36 bits per heavy atom. The Hall–Kier alpha value is -0.780. The summed E-state index contributed by atoms with van der Waals surface area (Å²) in [4.78, 5) is 0. The first-order chi connectivity index (χ1) is 6.85. The number of hydrogen-bond donors (Lipinski definition) is 0. The van der Waals surface area contributed by atoms with Gasteiger partial charge in [0.25, 0.3) is 0 Å². The molecule has 0 unspecified atom stereocenters. The van der Waals surface area contributed by atoms with E-state index < -0.39 is 0 Å². The van der Waals surface area contributed by atoms with Crippen LogP contribution in [0.15, 0.2) is 37.0 Å². The Balaban J connectivity index is -0.0000000708. The molecule has 0 atom stereocenters. The van der Waals surface area contributed by atoms with Gasteiger partial charge in [-0.15, -0.1) is 0 Å². The maximum Gasteiger partial charge on any atom is -0.0308 e. The van der Waals surface area contributed by atoms with Crippen LogP contribution in [0.1, 0.15) is 54.9 Å². The van der Waals surface area contributed by atoms with Crippen molar-refractivity contribution in [2.24, 2.45) is 0 Å². The monoisotopic (exact) mass is 198 g/mol. The molecule has 0 bridgehead atoms. The summed E-state index contributed by atoms with van der Waals surface area (Å²) >= 11 is 0. The van der Waals surface area contributed by atoms with Crippen LogP contribution in [0.5, 0.6) is 0 Å². The summed E-state index contributed by atoms with van der Waals surface area (Å²) in [7, 11) is 0. The molecule has 0 heterocycles. The largest absolute Gasteiger partial charge is 0.0991 e. The maximum atomic E-state index is 3.63. The van der Waals surface area contributed by atoms with Gasteiger partial charge in [0.15, 0.2) is 0 Å². The minimum atomic E-state index is 1.04. The molecule has 0 aliphatic rings. The Morgan fingerprint density at radius 1 is 0.929 bits per heavy atom. The third kappa shape index (κ3) is 30.3. The second kappa shape index (κ2) is 39.8. The molecule has 0 aliphatic carbocycles. The SMILES string of the molecule is C=C/C=C(\C=C)CC.CC.CC.CC. The molecular weight excluding hydrogens is 168 g/mol. The van der Waals surface area contributed by atoms with Crippen LogP contribution >= 0.6 is 0 Å². The fourth-order valence-electron chi connectivity index (χ4n) is 0.482. The smallest absolute Gasteiger partial charge is 0.0308 e. The van der Waals surface area contributed by atoms with Gasteiger partial charge in [0.05, 0.1) is 0 Å². The van der Waals surface area contributed by atoms with Gasteiger partial charge < -0.3 is 0 Å². The summed E-state index contributed by atoms with van der Waals surface area (Å²) in [5.74, 6) is 0. The lowest BCUT2D eigenvalue weighted by Crippen LogP contribution is -1.68. The lowest BCUT2D eigenvalue weighted by molar-refractivity contribution is 1.15. The van der Waals surface area contributed by atoms with Crippen LogP contribution in [0.3, 0.4) is 0 Å². The van der Waals surface area contributed by atoms with Crippen molar-refractivity contribution in [2.45, 2.75) is 54.9 Å². The van der Waals surface area contributed by atoms with E-state index in [1.54, 1.807) is 6.08 Å². The Bertz CT molecular complexity index is 107. The molecule has 0 rings (SSSR count). The normalized spacial score (nSPS) is 7.50. The molecule has 0 N–H and O–H groups in total. The molecule has 14 heavy (non-hydrogen) atoms. The van der Waals surface area contributed by atoms with E-state index in [0.29, 0.717) is 0 Å². The van der Waals surface area contributed by atoms with Crippen molar-refractivity contribution in [3.63, 3.8) is 0 Å². The van der Waals surface area contributed by atoms with Gasteiger partial charge in [0.1, 0.15) is 0 Å². The molecule has 0 aromatic heterocycles. The number of rotatable bonds is 3. The minimum absolute atomic E-state index is 1.04. The van der Waals surface area contributed by atoms with Gasteiger partial charge >= 0.3 is 0 Å². The zero-order valence-corrected chi connectivity index (χ0v) is 11.4. The Labute approximate surface area is 92.4 Å². The molecule has 0 nitrogen and oxygen atoms in total. The van der Waals surface area contributed by atoms with Crippen LogP contribution < -0.4 is 0 Å². The lowest BCUT2D eigenvalue weighted by atomic mass is 10.2. The molecular formula is C14H30. The molecule has 0 aromatic rings. The predicted molar refractivity (Wildman–Crippen MR) is 72.8 cm³/mol. The van der Waals surface area contributed by atoms with E-state index in [4.69, 9.17) is 0 Å². The van der Waals surface area contributed by atoms with E-state index in [1.165, 1.54) is 5.57 Å². The molecule has 0 aromatic carbocycles. The van der Waals surface area contributed by atoms with E-state index in [2.05, 4.69) is 20.1 Å². The first-order valence-electron chi connectivity index (χ1n) is 5.79. The second-order valence-electron chi connectivity index (χ2n) is 1.53. The summed E-state index contributed by atoms with van der Waals surface area (Å²) in [6.07, 6.45) is 6.63. The maximum absolute atomic E-state index is 3.63. The van der Waals surface area contributed by atoms with Gasteiger partial charge in [0.2, 0.25) is 0 Å². The van der Waals surface area contributed by atoms with Crippen LogP contribution in [-0.4, -0.2) is 0 Å². The number of hydrogen-bond acceptors (Lipinski definition) is 0. The summed E-state index contributed by atoms with van der Waals surface area (Å²) in [6.45, 7) is 21.3. The summed E-state index contributed by atoms with van der Waals surface area (Å²) < 4.78 is 0. The van der Waals surface area contributed by atoms with Crippen molar-refractivity contribution in [2.75, 3.05) is 0 Å². The van der Waals surface area contributed by atoms with Crippen molar-refractivity contribution < 1.29 is 0 Å². The predicted octanol–water partition coefficient (Wildman–Crippen LogP) is 5.77. The first kappa shape index (κ1) is 23.2. The summed E-state index contributed by atoms with van der Waals surface area (Å²) in [5, 5.41) is 0. The molecule has 0 saturated heterocycles. The molecule has 0 heteroatoms. The van der Waals surface area contributed by atoms with E-state index >= 15 is 0 Å². The number of allylic oxidation sites excluding steroid dienone is 4. The minimum Gasteiger partial charge on any atom is -0.0991 e. The van der Waals surface area contributed by atoms with Crippen molar-refractivity contribution >= 4 is 0 Å². The van der Waals surface area contributed by atoms with Crippen molar-refractivity contribution in [1.82, 2.24) is 0 Å². The van der Waals surface area contributed by atoms with Crippen LogP contribution in [0, 0.1) is 0 Å². The molecule has 86 valence electrons. The molecule has 0 fully saturated rings. The van der Waals surface area contributed by atoms with Gasteiger partial charge in [0, 0.05) is 0 Å². The topological polar surface area (TPSA) is 0 Å². The highest BCUT2D eigenvalue weighted by Gasteiger charge is 1.79. The van der Waals surface area contributed by atoms with Gasteiger partial charge in [-0.3, -0.25) is 0 Å². The quantitative estimate of drug-likeness (QED) is 0.505. The Morgan fingerprint density at radius 2 is 1.29 bits per heavy atom. The molecule has 0 saturated carbocycles. The van der Waals surface area contributed by atoms with Gasteiger partial charge in [-0.1, -0.05) is 79.9 Å². The van der Waals surface area contributed by atoms with Crippen LogP contribution in [-0.2, 0) is 0 Å². The van der Waals surface area contributed by atoms with Crippen LogP contribution in [0.4, 0.5) is 0 Å². The molecule has 0 spiro atoms. The molecule has 0 radical (unpaired) electrons. The van der Waals surface area contributed by atoms with E-state index in [0.717, 1.165) is 6.42 Å². The third-order valence-electron chi connectivity index (χ3n) is 1.00. The summed E-state index contributed by atoms with van der Waals surface area (Å²) in [6, 6.07) is 0. The van der Waals surface area contributed by atoms with E-state index in [-0.39, 0.29) is 0 Å². The van der Waals surface area contributed by atoms with Crippen molar-refractivity contribution in [3.8, 4) is 0 Å².